The van der Waals surface area contributed by atoms with Crippen molar-refractivity contribution in [2.75, 3.05) is 6.61 Å². The van der Waals surface area contributed by atoms with Gasteiger partial charge in [0.15, 0.2) is 4.67 Å². The Morgan fingerprint density at radius 3 is 2.81 bits per heavy atom. The highest BCUT2D eigenvalue weighted by molar-refractivity contribution is 9.13. The first-order valence-electron chi connectivity index (χ1n) is 4.88. The van der Waals surface area contributed by atoms with E-state index in [2.05, 4.69) is 37.2 Å². The van der Waals surface area contributed by atoms with E-state index in [1.54, 1.807) is 13.8 Å². The highest BCUT2D eigenvalue weighted by Gasteiger charge is 2.14. The average molecular weight is 355 g/mol. The molecule has 1 atom stereocenters. The predicted octanol–water partition coefficient (Wildman–Crippen LogP) is 2.85. The van der Waals surface area contributed by atoms with Gasteiger partial charge in [0, 0.05) is 0 Å². The molecule has 0 fully saturated rings. The molecule has 0 bridgehead atoms. The summed E-state index contributed by atoms with van der Waals surface area (Å²) >= 11 is 6.56. The molecule has 0 radical (unpaired) electrons. The molecule has 0 saturated carbocycles. The quantitative estimate of drug-likeness (QED) is 0.826. The smallest absolute Gasteiger partial charge is 0.322 e. The van der Waals surface area contributed by atoms with Gasteiger partial charge in [-0.1, -0.05) is 0 Å². The molecule has 1 unspecified atom stereocenters. The fraction of sp³-hybridized carbons (Fsp3) is 0.500. The summed E-state index contributed by atoms with van der Waals surface area (Å²) in [4.78, 5) is 11.3. The van der Waals surface area contributed by atoms with Crippen molar-refractivity contribution in [2.24, 2.45) is 0 Å². The van der Waals surface area contributed by atoms with Crippen molar-refractivity contribution in [2.45, 2.75) is 26.4 Å². The van der Waals surface area contributed by atoms with Crippen LogP contribution in [0.1, 0.15) is 19.6 Å². The van der Waals surface area contributed by atoms with Crippen LogP contribution in [0, 0.1) is 0 Å². The number of nitrogens with one attached hydrogen (secondary N) is 1. The lowest BCUT2D eigenvalue weighted by Gasteiger charge is -2.10. The van der Waals surface area contributed by atoms with Crippen LogP contribution in [0.3, 0.4) is 0 Å². The number of carbonyl (C=O) groups excluding carboxylic acids is 1. The average Bonchev–Trinajstić information content (AvgIpc) is 2.55. The molecule has 6 heteroatoms. The summed E-state index contributed by atoms with van der Waals surface area (Å²) in [5.41, 5.74) is 0. The van der Waals surface area contributed by atoms with Crippen molar-refractivity contribution in [1.29, 1.82) is 0 Å². The Morgan fingerprint density at radius 2 is 2.31 bits per heavy atom. The number of carbonyl (C=O) groups is 1. The van der Waals surface area contributed by atoms with Crippen LogP contribution in [0.2, 0.25) is 0 Å². The standard InChI is InChI=1S/C10H13Br2NO3/c1-3-15-10(14)6(2)13-5-7-4-8(11)9(12)16-7/h4,6,13H,3,5H2,1-2H3. The van der Waals surface area contributed by atoms with Gasteiger partial charge in [0.2, 0.25) is 0 Å². The second kappa shape index (κ2) is 6.42. The van der Waals surface area contributed by atoms with Gasteiger partial charge >= 0.3 is 5.97 Å². The first-order chi connectivity index (χ1) is 7.54. The molecule has 1 N–H and O–H groups in total. The molecular formula is C10H13Br2NO3. The van der Waals surface area contributed by atoms with Crippen LogP contribution < -0.4 is 5.32 Å². The summed E-state index contributed by atoms with van der Waals surface area (Å²) in [6, 6.07) is 1.50. The van der Waals surface area contributed by atoms with Gasteiger partial charge in [0.25, 0.3) is 0 Å². The highest BCUT2D eigenvalue weighted by atomic mass is 79.9. The molecule has 1 heterocycles. The van der Waals surface area contributed by atoms with E-state index in [9.17, 15) is 4.79 Å². The summed E-state index contributed by atoms with van der Waals surface area (Å²) in [6.07, 6.45) is 0. The second-order valence-electron chi connectivity index (χ2n) is 3.19. The summed E-state index contributed by atoms with van der Waals surface area (Å²) in [5, 5.41) is 3.01. The summed E-state index contributed by atoms with van der Waals surface area (Å²) in [7, 11) is 0. The largest absolute Gasteiger partial charge is 0.465 e. The molecule has 0 aliphatic carbocycles. The lowest BCUT2D eigenvalue weighted by molar-refractivity contribution is -0.145. The predicted molar refractivity (Wildman–Crippen MR) is 67.0 cm³/mol. The summed E-state index contributed by atoms with van der Waals surface area (Å²) in [6.45, 7) is 4.41. The fourth-order valence-corrected chi connectivity index (χ4v) is 1.74. The number of hydrogen-bond donors (Lipinski definition) is 1. The number of hydrogen-bond acceptors (Lipinski definition) is 4. The zero-order valence-corrected chi connectivity index (χ0v) is 12.2. The maximum Gasteiger partial charge on any atom is 0.322 e. The first kappa shape index (κ1) is 13.7. The molecule has 90 valence electrons. The van der Waals surface area contributed by atoms with Crippen LogP contribution in [0.15, 0.2) is 19.6 Å². The van der Waals surface area contributed by atoms with Gasteiger partial charge in [0.1, 0.15) is 11.8 Å². The van der Waals surface area contributed by atoms with E-state index >= 15 is 0 Å². The van der Waals surface area contributed by atoms with Crippen LogP contribution in [0.4, 0.5) is 0 Å². The van der Waals surface area contributed by atoms with Crippen molar-refractivity contribution in [3.8, 4) is 0 Å². The Hall–Kier alpha value is -0.330. The Labute approximate surface area is 111 Å². The molecule has 1 aromatic heterocycles. The zero-order valence-electron chi connectivity index (χ0n) is 9.05. The number of halogens is 2. The van der Waals surface area contributed by atoms with Gasteiger partial charge in [-0.3, -0.25) is 10.1 Å². The third-order valence-electron chi connectivity index (χ3n) is 1.92. The third-order valence-corrected chi connectivity index (χ3v) is 3.63. The molecule has 16 heavy (non-hydrogen) atoms. The molecule has 4 nitrogen and oxygen atoms in total. The molecule has 0 aromatic carbocycles. The molecule has 0 saturated heterocycles. The van der Waals surface area contributed by atoms with Crippen molar-refractivity contribution < 1.29 is 13.9 Å². The van der Waals surface area contributed by atoms with E-state index in [1.807, 2.05) is 6.07 Å². The van der Waals surface area contributed by atoms with Crippen molar-refractivity contribution in [1.82, 2.24) is 5.32 Å². The molecule has 0 spiro atoms. The van der Waals surface area contributed by atoms with Crippen LogP contribution in [0.5, 0.6) is 0 Å². The molecule has 0 amide bonds. The summed E-state index contributed by atoms with van der Waals surface area (Å²) < 4.78 is 11.7. The van der Waals surface area contributed by atoms with Gasteiger partial charge in [0.05, 0.1) is 17.6 Å². The Bertz CT molecular complexity index is 345. The minimum atomic E-state index is -0.345. The minimum absolute atomic E-state index is 0.257. The molecule has 0 aliphatic rings. The van der Waals surface area contributed by atoms with Crippen LogP contribution >= 0.6 is 31.9 Å². The molecule has 1 aromatic rings. The maximum atomic E-state index is 11.3. The molecule has 1 rings (SSSR count). The number of esters is 1. The normalized spacial score (nSPS) is 12.5. The summed E-state index contributed by atoms with van der Waals surface area (Å²) in [5.74, 6) is 0.488. The van der Waals surface area contributed by atoms with Gasteiger partial charge in [-0.25, -0.2) is 0 Å². The molecular weight excluding hydrogens is 342 g/mol. The third kappa shape index (κ3) is 3.92. The van der Waals surface area contributed by atoms with Crippen molar-refractivity contribution >= 4 is 37.8 Å². The second-order valence-corrected chi connectivity index (χ2v) is 4.76. The Morgan fingerprint density at radius 1 is 1.62 bits per heavy atom. The first-order valence-corrected chi connectivity index (χ1v) is 6.47. The van der Waals surface area contributed by atoms with E-state index in [0.717, 1.165) is 10.2 Å². The fourth-order valence-electron chi connectivity index (χ4n) is 1.08. The lowest BCUT2D eigenvalue weighted by atomic mass is 10.3. The van der Waals surface area contributed by atoms with E-state index in [0.29, 0.717) is 17.8 Å². The molecule has 0 aliphatic heterocycles. The topological polar surface area (TPSA) is 51.5 Å². The Balaban J connectivity index is 2.42. The number of rotatable bonds is 5. The van der Waals surface area contributed by atoms with Gasteiger partial charge in [-0.05, 0) is 51.8 Å². The van der Waals surface area contributed by atoms with E-state index in [1.165, 1.54) is 0 Å². The van der Waals surface area contributed by atoms with Crippen molar-refractivity contribution in [3.05, 3.63) is 21.0 Å². The van der Waals surface area contributed by atoms with Crippen LogP contribution in [0.25, 0.3) is 0 Å². The van der Waals surface area contributed by atoms with Gasteiger partial charge < -0.3 is 9.15 Å². The highest BCUT2D eigenvalue weighted by Crippen LogP contribution is 2.26. The van der Waals surface area contributed by atoms with E-state index < -0.39 is 0 Å². The Kier molecular flexibility index (Phi) is 5.51. The number of furan rings is 1. The van der Waals surface area contributed by atoms with Crippen LogP contribution in [-0.4, -0.2) is 18.6 Å². The van der Waals surface area contributed by atoms with Gasteiger partial charge in [-0.2, -0.15) is 0 Å². The van der Waals surface area contributed by atoms with Gasteiger partial charge in [-0.15, -0.1) is 0 Å². The number of ether oxygens (including phenoxy) is 1. The monoisotopic (exact) mass is 353 g/mol. The van der Waals surface area contributed by atoms with Crippen molar-refractivity contribution in [3.63, 3.8) is 0 Å². The lowest BCUT2D eigenvalue weighted by Crippen LogP contribution is -2.34. The maximum absolute atomic E-state index is 11.3. The van der Waals surface area contributed by atoms with Crippen LogP contribution in [-0.2, 0) is 16.1 Å². The zero-order chi connectivity index (χ0) is 12.1. The minimum Gasteiger partial charge on any atom is -0.465 e. The SMILES string of the molecule is CCOC(=O)C(C)NCc1cc(Br)c(Br)o1. The van der Waals surface area contributed by atoms with E-state index in [-0.39, 0.29) is 12.0 Å². The van der Waals surface area contributed by atoms with E-state index in [4.69, 9.17) is 9.15 Å².